The topological polar surface area (TPSA) is 189 Å². The quantitative estimate of drug-likeness (QED) is 0.0849. The van der Waals surface area contributed by atoms with Gasteiger partial charge in [0, 0.05) is 17.8 Å². The van der Waals surface area contributed by atoms with E-state index in [0.717, 1.165) is 0 Å². The molecule has 0 unspecified atom stereocenters. The molecule has 0 spiro atoms. The second-order valence-corrected chi connectivity index (χ2v) is 10.7. The van der Waals surface area contributed by atoms with Crippen molar-refractivity contribution in [3.05, 3.63) is 97.7 Å². The van der Waals surface area contributed by atoms with Crippen molar-refractivity contribution in [1.29, 1.82) is 0 Å². The van der Waals surface area contributed by atoms with Gasteiger partial charge in [0.05, 0.1) is 48.1 Å². The third-order valence-corrected chi connectivity index (χ3v) is 7.16. The van der Waals surface area contributed by atoms with Gasteiger partial charge in [0.15, 0.2) is 29.6 Å². The van der Waals surface area contributed by atoms with Gasteiger partial charge in [0.1, 0.15) is 6.61 Å². The van der Waals surface area contributed by atoms with Gasteiger partial charge < -0.3 is 34.3 Å². The minimum atomic E-state index is -0.807. The number of hydrogen-bond donors (Lipinski definition) is 3. The molecule has 3 aromatic rings. The third-order valence-electron chi connectivity index (χ3n) is 6.88. The Morgan fingerprint density at radius 2 is 1.84 bits per heavy atom. The number of rotatable bonds is 15. The van der Waals surface area contributed by atoms with Gasteiger partial charge in [-0.1, -0.05) is 29.8 Å². The normalized spacial score (nSPS) is 14.1. The first kappa shape index (κ1) is 36.0. The summed E-state index contributed by atoms with van der Waals surface area (Å²) < 4.78 is 27.8. The van der Waals surface area contributed by atoms with Crippen molar-refractivity contribution in [2.45, 2.75) is 33.4 Å². The highest BCUT2D eigenvalue weighted by Gasteiger charge is 2.32. The number of nitrogens with one attached hydrogen (secondary N) is 3. The van der Waals surface area contributed by atoms with Crippen LogP contribution in [0.3, 0.4) is 0 Å². The number of carbonyl (C=O) groups excluding carboxylic acids is 3. The minimum Gasteiger partial charge on any atom is -0.493 e. The lowest BCUT2D eigenvalue weighted by atomic mass is 9.95. The van der Waals surface area contributed by atoms with Crippen LogP contribution in [0.4, 0.5) is 10.5 Å². The molecule has 1 atom stereocenters. The fourth-order valence-electron chi connectivity index (χ4n) is 4.74. The van der Waals surface area contributed by atoms with Gasteiger partial charge >= 0.3 is 12.0 Å². The Balaban J connectivity index is 1.39. The number of ether oxygens (including phenoxy) is 5. The molecule has 4 rings (SSSR count). The number of benzene rings is 3. The highest BCUT2D eigenvalue weighted by molar-refractivity contribution is 6.32. The van der Waals surface area contributed by atoms with E-state index in [1.807, 2.05) is 0 Å². The molecule has 15 nitrogen and oxygen atoms in total. The van der Waals surface area contributed by atoms with Crippen molar-refractivity contribution in [3.8, 4) is 23.0 Å². The lowest BCUT2D eigenvalue weighted by molar-refractivity contribution is -0.384. The van der Waals surface area contributed by atoms with Gasteiger partial charge in [-0.3, -0.25) is 14.9 Å². The van der Waals surface area contributed by atoms with Gasteiger partial charge in [-0.2, -0.15) is 5.10 Å². The predicted octanol–water partition coefficient (Wildman–Crippen LogP) is 4.95. The van der Waals surface area contributed by atoms with Gasteiger partial charge in [0.2, 0.25) is 0 Å². The maximum Gasteiger partial charge on any atom is 0.338 e. The summed E-state index contributed by atoms with van der Waals surface area (Å²) in [4.78, 5) is 47.9. The molecule has 3 N–H and O–H groups in total. The Labute approximate surface area is 286 Å². The summed E-state index contributed by atoms with van der Waals surface area (Å²) in [6.45, 7) is 5.13. The van der Waals surface area contributed by atoms with Gasteiger partial charge in [0.25, 0.3) is 11.6 Å². The number of methoxy groups -OCH3 is 1. The first-order valence-electron chi connectivity index (χ1n) is 14.9. The molecule has 49 heavy (non-hydrogen) atoms. The zero-order valence-electron chi connectivity index (χ0n) is 27.0. The average Bonchev–Trinajstić information content (AvgIpc) is 3.06. The fourth-order valence-corrected chi connectivity index (χ4v) is 5.02. The first-order chi connectivity index (χ1) is 23.5. The number of nitro benzene ring substituents is 1. The molecule has 1 aliphatic heterocycles. The summed E-state index contributed by atoms with van der Waals surface area (Å²) >= 11 is 6.48. The van der Waals surface area contributed by atoms with Crippen LogP contribution in [0.1, 0.15) is 43.5 Å². The maximum absolute atomic E-state index is 12.6. The van der Waals surface area contributed by atoms with E-state index < -0.39 is 35.5 Å². The lowest BCUT2D eigenvalue weighted by Gasteiger charge is -2.28. The molecule has 3 aromatic carbocycles. The highest BCUT2D eigenvalue weighted by Crippen LogP contribution is 2.37. The van der Waals surface area contributed by atoms with E-state index in [2.05, 4.69) is 21.2 Å². The first-order valence-corrected chi connectivity index (χ1v) is 15.3. The molecular weight excluding hydrogens is 662 g/mol. The van der Waals surface area contributed by atoms with E-state index in [0.29, 0.717) is 34.7 Å². The van der Waals surface area contributed by atoms with E-state index >= 15 is 0 Å². The maximum atomic E-state index is 12.6. The van der Waals surface area contributed by atoms with Crippen LogP contribution < -0.4 is 35.0 Å². The number of esters is 1. The minimum absolute atomic E-state index is 0.0124. The molecule has 0 saturated carbocycles. The summed E-state index contributed by atoms with van der Waals surface area (Å²) in [5.41, 5.74) is 4.51. The molecule has 0 bridgehead atoms. The molecule has 0 aliphatic carbocycles. The molecule has 1 heterocycles. The van der Waals surface area contributed by atoms with Crippen LogP contribution in [0.25, 0.3) is 0 Å². The van der Waals surface area contributed by atoms with Gasteiger partial charge in [-0.25, -0.2) is 15.0 Å². The predicted molar refractivity (Wildman–Crippen MR) is 178 cm³/mol. The molecular formula is C33H34ClN5O10. The van der Waals surface area contributed by atoms with Crippen LogP contribution in [-0.4, -0.2) is 56.0 Å². The zero-order valence-corrected chi connectivity index (χ0v) is 27.8. The summed E-state index contributed by atoms with van der Waals surface area (Å²) in [6.07, 6.45) is 1.36. The molecule has 258 valence electrons. The molecule has 0 aromatic heterocycles. The molecule has 1 aliphatic rings. The van der Waals surface area contributed by atoms with Crippen LogP contribution >= 0.6 is 11.6 Å². The summed E-state index contributed by atoms with van der Waals surface area (Å²) in [7, 11) is 1.41. The number of non-ortho nitro benzene ring substituents is 1. The Morgan fingerprint density at radius 1 is 1.04 bits per heavy atom. The third kappa shape index (κ3) is 9.38. The number of hydrogen-bond acceptors (Lipinski definition) is 11. The molecule has 0 fully saturated rings. The summed E-state index contributed by atoms with van der Waals surface area (Å²) in [6, 6.07) is 12.7. The highest BCUT2D eigenvalue weighted by atomic mass is 35.5. The number of carbonyl (C=O) groups is 3. The van der Waals surface area contributed by atoms with Crippen molar-refractivity contribution in [1.82, 2.24) is 16.1 Å². The monoisotopic (exact) mass is 695 g/mol. The van der Waals surface area contributed by atoms with Crippen molar-refractivity contribution < 1.29 is 43.0 Å². The van der Waals surface area contributed by atoms with Gasteiger partial charge in [-0.05, 0) is 61.7 Å². The standard InChI is InChI=1S/C33H34ClN5O10/c1-5-46-27-14-21(13-24(34)31(27)49-17-20-8-7-9-23(12-20)39(43)44)16-35-38-28(40)18-48-25-11-10-22(15-26(25)45-4)30-29(32(41)47-6-2)19(3)36-33(42)37-30/h7-16,30H,5-6,17-18H2,1-4H3,(H,38,40)(H2,36,37,42)/b35-16-/t30-/m0/s1. The Bertz CT molecular complexity index is 1800. The molecule has 16 heteroatoms. The van der Waals surface area contributed by atoms with E-state index in [1.54, 1.807) is 63.2 Å². The number of nitro groups is 1. The van der Waals surface area contributed by atoms with Crippen molar-refractivity contribution >= 4 is 41.4 Å². The van der Waals surface area contributed by atoms with Crippen LogP contribution in [0.2, 0.25) is 5.02 Å². The van der Waals surface area contributed by atoms with E-state index in [-0.39, 0.29) is 46.7 Å². The number of hydrazone groups is 1. The smallest absolute Gasteiger partial charge is 0.338 e. The number of halogens is 1. The number of allylic oxidation sites excluding steroid dienone is 1. The number of nitrogens with zero attached hydrogens (tertiary/aromatic N) is 2. The Kier molecular flexibility index (Phi) is 12.4. The van der Waals surface area contributed by atoms with Crippen LogP contribution in [-0.2, 0) is 20.9 Å². The van der Waals surface area contributed by atoms with Crippen molar-refractivity contribution in [2.75, 3.05) is 26.9 Å². The second-order valence-electron chi connectivity index (χ2n) is 10.3. The fraction of sp³-hybridized carbons (Fsp3) is 0.273. The average molecular weight is 696 g/mol. The van der Waals surface area contributed by atoms with E-state index in [4.69, 9.17) is 35.3 Å². The van der Waals surface area contributed by atoms with E-state index in [9.17, 15) is 24.5 Å². The van der Waals surface area contributed by atoms with Gasteiger partial charge in [-0.15, -0.1) is 0 Å². The van der Waals surface area contributed by atoms with E-state index in [1.165, 1.54) is 25.5 Å². The summed E-state index contributed by atoms with van der Waals surface area (Å²) in [5.74, 6) is -0.102. The number of amides is 3. The lowest BCUT2D eigenvalue weighted by Crippen LogP contribution is -2.45. The Morgan fingerprint density at radius 3 is 2.55 bits per heavy atom. The van der Waals surface area contributed by atoms with Crippen LogP contribution in [0.5, 0.6) is 23.0 Å². The van der Waals surface area contributed by atoms with Crippen LogP contribution in [0.15, 0.2) is 71.0 Å². The van der Waals surface area contributed by atoms with Crippen molar-refractivity contribution in [2.24, 2.45) is 5.10 Å². The largest absolute Gasteiger partial charge is 0.493 e. The molecule has 0 radical (unpaired) electrons. The Hall–Kier alpha value is -5.83. The second kappa shape index (κ2) is 16.8. The number of urea groups is 1. The zero-order chi connectivity index (χ0) is 35.5. The SMILES string of the molecule is CCOC(=O)C1=C(C)NC(=O)N[C@H]1c1ccc(OCC(=O)N/N=C\c2cc(Cl)c(OCc3cccc([N+](=O)[O-])c3)c(OCC)c2)c(OC)c1. The van der Waals surface area contributed by atoms with Crippen molar-refractivity contribution in [3.63, 3.8) is 0 Å². The van der Waals surface area contributed by atoms with Crippen LogP contribution in [0, 0.1) is 10.1 Å². The summed E-state index contributed by atoms with van der Waals surface area (Å²) in [5, 5.41) is 20.5. The molecule has 0 saturated heterocycles. The molecule has 3 amide bonds.